The third kappa shape index (κ3) is 2.40. The van der Waals surface area contributed by atoms with Gasteiger partial charge >= 0.3 is 0 Å². The minimum Gasteiger partial charge on any atom is -0.381 e. The van der Waals surface area contributed by atoms with Crippen LogP contribution in [0, 0.1) is 6.92 Å². The molecule has 1 saturated heterocycles. The second-order valence-electron chi connectivity index (χ2n) is 6.19. The lowest BCUT2D eigenvalue weighted by Crippen LogP contribution is -2.53. The molecular formula is C16H23N3O3. The van der Waals surface area contributed by atoms with E-state index in [1.54, 1.807) is 20.4 Å². The minimum absolute atomic E-state index is 0.00113. The number of carbonyl (C=O) groups is 1. The van der Waals surface area contributed by atoms with Crippen molar-refractivity contribution in [2.45, 2.75) is 50.4 Å². The first-order valence-corrected chi connectivity index (χ1v) is 7.77. The van der Waals surface area contributed by atoms with Crippen molar-refractivity contribution in [3.8, 4) is 0 Å². The summed E-state index contributed by atoms with van der Waals surface area (Å²) in [5, 5.41) is 0. The van der Waals surface area contributed by atoms with Gasteiger partial charge in [-0.25, -0.2) is 9.97 Å². The van der Waals surface area contributed by atoms with Gasteiger partial charge in [0.05, 0.1) is 29.0 Å². The van der Waals surface area contributed by atoms with Crippen LogP contribution in [0.4, 0.5) is 0 Å². The normalized spacial score (nSPS) is 31.1. The van der Waals surface area contributed by atoms with Crippen LogP contribution >= 0.6 is 0 Å². The van der Waals surface area contributed by atoms with E-state index in [0.717, 1.165) is 25.7 Å². The summed E-state index contributed by atoms with van der Waals surface area (Å²) in [7, 11) is 3.49. The predicted octanol–water partition coefficient (Wildman–Crippen LogP) is 1.58. The molecule has 120 valence electrons. The van der Waals surface area contributed by atoms with E-state index in [-0.39, 0.29) is 23.7 Å². The molecule has 1 aliphatic carbocycles. The smallest absolute Gasteiger partial charge is 0.257 e. The Morgan fingerprint density at radius 3 is 2.91 bits per heavy atom. The Morgan fingerprint density at radius 2 is 2.23 bits per heavy atom. The first-order chi connectivity index (χ1) is 10.6. The number of likely N-dealkylation sites (tertiary alicyclic amines) is 1. The standard InChI is InChI=1S/C16H23N3O3/c1-11-13(9-17-10-18-11)15(20)19-7-6-16(22-3)5-4-12(21-2)8-14(16)19/h9-10,12,14H,4-8H2,1-3H3/t12?,14?,16-/m1/s1. The number of fused-ring (bicyclic) bond motifs is 1. The molecule has 1 aromatic rings. The molecule has 1 aliphatic heterocycles. The number of nitrogens with zero attached hydrogens (tertiary/aromatic N) is 3. The lowest BCUT2D eigenvalue weighted by atomic mass is 9.79. The molecule has 2 fully saturated rings. The Morgan fingerprint density at radius 1 is 1.41 bits per heavy atom. The highest BCUT2D eigenvalue weighted by Crippen LogP contribution is 2.43. The highest BCUT2D eigenvalue weighted by molar-refractivity contribution is 5.95. The minimum atomic E-state index is -0.228. The van der Waals surface area contributed by atoms with E-state index in [4.69, 9.17) is 9.47 Å². The zero-order chi connectivity index (χ0) is 15.7. The fourth-order valence-electron chi connectivity index (χ4n) is 3.87. The average Bonchev–Trinajstić information content (AvgIpc) is 2.93. The highest BCUT2D eigenvalue weighted by Gasteiger charge is 2.52. The van der Waals surface area contributed by atoms with Gasteiger partial charge in [0.25, 0.3) is 5.91 Å². The van der Waals surface area contributed by atoms with Crippen LogP contribution in [0.25, 0.3) is 0 Å². The van der Waals surface area contributed by atoms with Crippen LogP contribution in [-0.2, 0) is 9.47 Å². The van der Waals surface area contributed by atoms with Crippen molar-refractivity contribution in [2.75, 3.05) is 20.8 Å². The molecule has 2 heterocycles. The lowest BCUT2D eigenvalue weighted by molar-refractivity contribution is -0.0893. The Balaban J connectivity index is 1.88. The van der Waals surface area contributed by atoms with E-state index < -0.39 is 0 Å². The molecular weight excluding hydrogens is 282 g/mol. The summed E-state index contributed by atoms with van der Waals surface area (Å²) in [5.74, 6) is -0.00113. The number of rotatable bonds is 3. The van der Waals surface area contributed by atoms with E-state index in [0.29, 0.717) is 17.8 Å². The first kappa shape index (κ1) is 15.4. The Labute approximate surface area is 130 Å². The molecule has 2 unspecified atom stereocenters. The summed E-state index contributed by atoms with van der Waals surface area (Å²) >= 11 is 0. The van der Waals surface area contributed by atoms with Crippen LogP contribution in [0.1, 0.15) is 41.7 Å². The maximum atomic E-state index is 12.9. The highest BCUT2D eigenvalue weighted by atomic mass is 16.5. The molecule has 0 bridgehead atoms. The third-order valence-electron chi connectivity index (χ3n) is 5.28. The second kappa shape index (κ2) is 5.93. The summed E-state index contributed by atoms with van der Waals surface area (Å²) < 4.78 is 11.4. The maximum Gasteiger partial charge on any atom is 0.257 e. The molecule has 0 N–H and O–H groups in total. The summed E-state index contributed by atoms with van der Waals surface area (Å²) in [4.78, 5) is 23.0. The molecule has 2 aliphatic rings. The lowest BCUT2D eigenvalue weighted by Gasteiger charge is -2.43. The summed E-state index contributed by atoms with van der Waals surface area (Å²) in [5.41, 5.74) is 1.07. The number of amides is 1. The van der Waals surface area contributed by atoms with Crippen molar-refractivity contribution >= 4 is 5.91 Å². The van der Waals surface area contributed by atoms with Crippen LogP contribution in [0.15, 0.2) is 12.5 Å². The fraction of sp³-hybridized carbons (Fsp3) is 0.688. The number of carbonyl (C=O) groups excluding carboxylic acids is 1. The molecule has 3 atom stereocenters. The van der Waals surface area contributed by atoms with Gasteiger partial charge < -0.3 is 14.4 Å². The third-order valence-corrected chi connectivity index (χ3v) is 5.28. The van der Waals surface area contributed by atoms with Crippen molar-refractivity contribution in [2.24, 2.45) is 0 Å². The number of hydrogen-bond acceptors (Lipinski definition) is 5. The number of aryl methyl sites for hydroxylation is 1. The van der Waals surface area contributed by atoms with E-state index in [1.165, 1.54) is 6.33 Å². The Kier molecular flexibility index (Phi) is 4.14. The molecule has 0 aromatic carbocycles. The zero-order valence-corrected chi connectivity index (χ0v) is 13.4. The van der Waals surface area contributed by atoms with Gasteiger partial charge in [0, 0.05) is 27.0 Å². The molecule has 1 amide bonds. The van der Waals surface area contributed by atoms with Crippen molar-refractivity contribution in [1.29, 1.82) is 0 Å². The van der Waals surface area contributed by atoms with Crippen LogP contribution in [-0.4, -0.2) is 59.3 Å². The predicted molar refractivity (Wildman–Crippen MR) is 80.6 cm³/mol. The quantitative estimate of drug-likeness (QED) is 0.848. The molecule has 1 saturated carbocycles. The van der Waals surface area contributed by atoms with Gasteiger partial charge in [-0.05, 0) is 32.6 Å². The van der Waals surface area contributed by atoms with Gasteiger partial charge in [-0.3, -0.25) is 4.79 Å². The second-order valence-corrected chi connectivity index (χ2v) is 6.19. The molecule has 0 radical (unpaired) electrons. The van der Waals surface area contributed by atoms with E-state index in [1.807, 2.05) is 11.8 Å². The van der Waals surface area contributed by atoms with Crippen molar-refractivity contribution in [3.05, 3.63) is 23.8 Å². The first-order valence-electron chi connectivity index (χ1n) is 7.77. The van der Waals surface area contributed by atoms with Crippen molar-refractivity contribution in [1.82, 2.24) is 14.9 Å². The van der Waals surface area contributed by atoms with E-state index in [9.17, 15) is 4.79 Å². The number of methoxy groups -OCH3 is 2. The van der Waals surface area contributed by atoms with E-state index in [2.05, 4.69) is 9.97 Å². The SMILES string of the molecule is COC1CC[C@@]2(OC)CCN(C(=O)c3cncnc3C)C2C1. The monoisotopic (exact) mass is 305 g/mol. The van der Waals surface area contributed by atoms with Gasteiger partial charge in [-0.15, -0.1) is 0 Å². The Hall–Kier alpha value is -1.53. The van der Waals surface area contributed by atoms with Crippen LogP contribution < -0.4 is 0 Å². The molecule has 3 rings (SSSR count). The van der Waals surface area contributed by atoms with Gasteiger partial charge in [0.2, 0.25) is 0 Å². The van der Waals surface area contributed by atoms with Gasteiger partial charge in [0.15, 0.2) is 0 Å². The van der Waals surface area contributed by atoms with Gasteiger partial charge in [-0.2, -0.15) is 0 Å². The van der Waals surface area contributed by atoms with Crippen LogP contribution in [0.3, 0.4) is 0 Å². The number of hydrogen-bond donors (Lipinski definition) is 0. The molecule has 6 nitrogen and oxygen atoms in total. The molecule has 0 spiro atoms. The largest absolute Gasteiger partial charge is 0.381 e. The number of ether oxygens (including phenoxy) is 2. The summed E-state index contributed by atoms with van der Waals surface area (Å²) in [6.07, 6.45) is 6.88. The fourth-order valence-corrected chi connectivity index (χ4v) is 3.87. The average molecular weight is 305 g/mol. The van der Waals surface area contributed by atoms with Gasteiger partial charge in [0.1, 0.15) is 6.33 Å². The van der Waals surface area contributed by atoms with Crippen LogP contribution in [0.5, 0.6) is 0 Å². The van der Waals surface area contributed by atoms with Crippen molar-refractivity contribution in [3.63, 3.8) is 0 Å². The Bertz CT molecular complexity index is 565. The molecule has 22 heavy (non-hydrogen) atoms. The van der Waals surface area contributed by atoms with Crippen molar-refractivity contribution < 1.29 is 14.3 Å². The number of aromatic nitrogens is 2. The summed E-state index contributed by atoms with van der Waals surface area (Å²) in [6.45, 7) is 2.55. The summed E-state index contributed by atoms with van der Waals surface area (Å²) in [6, 6.07) is 0.0586. The zero-order valence-electron chi connectivity index (χ0n) is 13.4. The molecule has 6 heteroatoms. The van der Waals surface area contributed by atoms with E-state index >= 15 is 0 Å². The molecule has 1 aromatic heterocycles. The van der Waals surface area contributed by atoms with Gasteiger partial charge in [-0.1, -0.05) is 0 Å². The van der Waals surface area contributed by atoms with Crippen LogP contribution in [0.2, 0.25) is 0 Å². The maximum absolute atomic E-state index is 12.9. The topological polar surface area (TPSA) is 64.6 Å².